The van der Waals surface area contributed by atoms with Crippen molar-refractivity contribution in [2.45, 2.75) is 98.2 Å². The quantitative estimate of drug-likeness (QED) is 0.411. The Morgan fingerprint density at radius 2 is 1.74 bits per heavy atom. The van der Waals surface area contributed by atoms with Crippen LogP contribution >= 0.6 is 0 Å². The van der Waals surface area contributed by atoms with E-state index in [0.717, 1.165) is 25.7 Å². The maximum atomic E-state index is 13.0. The van der Waals surface area contributed by atoms with Crippen molar-refractivity contribution in [1.29, 1.82) is 0 Å². The van der Waals surface area contributed by atoms with E-state index in [0.29, 0.717) is 28.7 Å². The predicted octanol–water partition coefficient (Wildman–Crippen LogP) is 5.13. The maximum Gasteiger partial charge on any atom is 0.231 e. The molecule has 1 fully saturated rings. The fourth-order valence-electron chi connectivity index (χ4n) is 6.51. The molecule has 0 saturated carbocycles. The van der Waals surface area contributed by atoms with E-state index >= 15 is 0 Å². The normalized spacial score (nSPS) is 44.5. The first kappa shape index (κ1) is 26.2. The second-order valence-corrected chi connectivity index (χ2v) is 11.8. The van der Waals surface area contributed by atoms with Gasteiger partial charge in [-0.05, 0) is 57.4 Å². The van der Waals surface area contributed by atoms with Crippen LogP contribution in [0.2, 0.25) is 0 Å². The van der Waals surface area contributed by atoms with E-state index in [-0.39, 0.29) is 35.2 Å². The summed E-state index contributed by atoms with van der Waals surface area (Å²) >= 11 is 0. The summed E-state index contributed by atoms with van der Waals surface area (Å²) in [7, 11) is 0. The first-order chi connectivity index (χ1) is 16.3. The summed E-state index contributed by atoms with van der Waals surface area (Å²) in [6.45, 7) is 14.0. The zero-order valence-corrected chi connectivity index (χ0v) is 22.2. The maximum absolute atomic E-state index is 13.0. The average Bonchev–Trinajstić information content (AvgIpc) is 3.14. The van der Waals surface area contributed by atoms with Gasteiger partial charge < -0.3 is 24.8 Å². The van der Waals surface area contributed by atoms with Crippen molar-refractivity contribution in [1.82, 2.24) is 0 Å². The highest BCUT2D eigenvalue weighted by Gasteiger charge is 2.51. The third-order valence-corrected chi connectivity index (χ3v) is 8.66. The topological polar surface area (TPSA) is 96.2 Å². The number of allylic oxidation sites excluding steroid dienone is 4. The summed E-state index contributed by atoms with van der Waals surface area (Å²) in [4.78, 5) is 13.0. The van der Waals surface area contributed by atoms with E-state index in [1.54, 1.807) is 13.0 Å². The van der Waals surface area contributed by atoms with Gasteiger partial charge in [0.1, 0.15) is 5.76 Å². The highest BCUT2D eigenvalue weighted by atomic mass is 16.6. The number of fused-ring (bicyclic) bond motifs is 4. The number of aliphatic hydroxyl groups is 3. The second-order valence-electron chi connectivity index (χ2n) is 11.8. The Morgan fingerprint density at radius 3 is 2.43 bits per heavy atom. The fraction of sp³-hybridized carbons (Fsp3) is 0.690. The van der Waals surface area contributed by atoms with Gasteiger partial charge in [0, 0.05) is 34.5 Å². The molecule has 0 radical (unpaired) electrons. The molecule has 0 unspecified atom stereocenters. The van der Waals surface area contributed by atoms with E-state index in [1.807, 2.05) is 20.8 Å². The minimum absolute atomic E-state index is 0.0815. The van der Waals surface area contributed by atoms with Gasteiger partial charge in [-0.1, -0.05) is 46.3 Å². The lowest BCUT2D eigenvalue weighted by Gasteiger charge is -2.44. The molecular formula is C29H42O6. The van der Waals surface area contributed by atoms with Crippen molar-refractivity contribution in [3.05, 3.63) is 46.0 Å². The molecule has 0 amide bonds. The van der Waals surface area contributed by atoms with Gasteiger partial charge in [0.05, 0.1) is 18.3 Å². The number of hydrogen-bond acceptors (Lipinski definition) is 6. The molecule has 35 heavy (non-hydrogen) atoms. The third kappa shape index (κ3) is 4.65. The second kappa shape index (κ2) is 9.53. The lowest BCUT2D eigenvalue weighted by Crippen LogP contribution is -2.50. The number of ketones is 1. The Bertz CT molecular complexity index is 1000. The third-order valence-electron chi connectivity index (χ3n) is 8.66. The predicted molar refractivity (Wildman–Crippen MR) is 134 cm³/mol. The number of carbonyl (C=O) groups excluding carboxylic acids is 1. The van der Waals surface area contributed by atoms with E-state index in [1.165, 1.54) is 5.57 Å². The summed E-state index contributed by atoms with van der Waals surface area (Å²) in [6.07, 6.45) is 5.76. The first-order valence-corrected chi connectivity index (χ1v) is 13.2. The van der Waals surface area contributed by atoms with Crippen LogP contribution in [0.5, 0.6) is 0 Å². The number of carbonyl (C=O) groups is 1. The largest absolute Gasteiger partial charge is 0.504 e. The molecule has 0 spiro atoms. The van der Waals surface area contributed by atoms with Crippen LogP contribution in [0, 0.1) is 29.6 Å². The van der Waals surface area contributed by atoms with E-state index in [9.17, 15) is 20.1 Å². The molecule has 3 N–H and O–H groups in total. The number of Topliss-reactive ketones (excluding diaryl/α,β-unsaturated/α-hetero) is 1. The van der Waals surface area contributed by atoms with Gasteiger partial charge in [0.2, 0.25) is 11.6 Å². The fourth-order valence-corrected chi connectivity index (χ4v) is 6.51. The van der Waals surface area contributed by atoms with Gasteiger partial charge in [-0.2, -0.15) is 0 Å². The molecule has 1 saturated heterocycles. The van der Waals surface area contributed by atoms with Gasteiger partial charge in [-0.25, -0.2) is 0 Å². The number of ether oxygens (including phenoxy) is 2. The van der Waals surface area contributed by atoms with Crippen molar-refractivity contribution >= 4 is 5.78 Å². The van der Waals surface area contributed by atoms with Crippen LogP contribution in [-0.4, -0.2) is 45.2 Å². The summed E-state index contributed by atoms with van der Waals surface area (Å²) < 4.78 is 12.7. The van der Waals surface area contributed by atoms with Crippen LogP contribution in [-0.2, 0) is 14.3 Å². The Balaban J connectivity index is 1.83. The van der Waals surface area contributed by atoms with Gasteiger partial charge >= 0.3 is 0 Å². The molecule has 4 rings (SSSR count). The van der Waals surface area contributed by atoms with Crippen LogP contribution in [0.3, 0.4) is 0 Å². The monoisotopic (exact) mass is 486 g/mol. The van der Waals surface area contributed by atoms with E-state index in [2.05, 4.69) is 26.8 Å². The van der Waals surface area contributed by atoms with Crippen molar-refractivity contribution in [3.63, 3.8) is 0 Å². The Kier molecular flexibility index (Phi) is 7.13. The molecule has 0 aromatic heterocycles. The Morgan fingerprint density at radius 1 is 1.06 bits per heavy atom. The molecule has 194 valence electrons. The number of hydrogen-bond donors (Lipinski definition) is 3. The zero-order valence-electron chi connectivity index (χ0n) is 22.2. The van der Waals surface area contributed by atoms with Gasteiger partial charge in [0.15, 0.2) is 5.76 Å². The first-order valence-electron chi connectivity index (χ1n) is 13.2. The molecule has 6 heteroatoms. The molecule has 3 aliphatic heterocycles. The van der Waals surface area contributed by atoms with Gasteiger partial charge in [0.25, 0.3) is 0 Å². The van der Waals surface area contributed by atoms with Gasteiger partial charge in [-0.15, -0.1) is 0 Å². The molecular weight excluding hydrogens is 444 g/mol. The average molecular weight is 487 g/mol. The Hall–Kier alpha value is -1.89. The lowest BCUT2D eigenvalue weighted by molar-refractivity contribution is -0.164. The van der Waals surface area contributed by atoms with Crippen LogP contribution in [0.25, 0.3) is 0 Å². The van der Waals surface area contributed by atoms with Gasteiger partial charge in [-0.3, -0.25) is 4.79 Å². The smallest absolute Gasteiger partial charge is 0.231 e. The molecule has 4 aliphatic rings. The summed E-state index contributed by atoms with van der Waals surface area (Å²) in [5.41, 5.74) is 2.44. The molecule has 0 aromatic rings. The summed E-state index contributed by atoms with van der Waals surface area (Å²) in [5, 5.41) is 33.8. The standard InChI is InChI=1S/C29H42O6/c1-14-8-9-22-18(5)24(30)19(6)28(34-22)23-21-13-29(33,17(4)12-16(3)11-15(2)10-14)35-27(21)20(7)25(31)26(23)32/h10,13-14,16-19,22,24,28,30,32-33H,8-9,11-12H2,1-7H3/b15-10+/t14-,16+,17-,18-,19+,22+,24-,28+,29+/m0/s1. The van der Waals surface area contributed by atoms with E-state index < -0.39 is 23.8 Å². The molecule has 4 bridgehead atoms. The minimum atomic E-state index is -1.60. The summed E-state index contributed by atoms with van der Waals surface area (Å²) in [6, 6.07) is 0. The number of aliphatic hydroxyl groups excluding tert-OH is 2. The highest BCUT2D eigenvalue weighted by molar-refractivity contribution is 6.10. The molecule has 3 heterocycles. The molecule has 0 aromatic carbocycles. The summed E-state index contributed by atoms with van der Waals surface area (Å²) in [5.74, 6) is -2.16. The van der Waals surface area contributed by atoms with Crippen molar-refractivity contribution in [3.8, 4) is 0 Å². The van der Waals surface area contributed by atoms with Crippen molar-refractivity contribution in [2.75, 3.05) is 0 Å². The lowest BCUT2D eigenvalue weighted by atomic mass is 9.75. The van der Waals surface area contributed by atoms with E-state index in [4.69, 9.17) is 9.47 Å². The van der Waals surface area contributed by atoms with Crippen molar-refractivity contribution in [2.24, 2.45) is 29.6 Å². The SMILES string of the molecule is CC1=C2O[C@]3(O)C=C2C(=C(O)C1=O)[C@@H]1O[C@H](CC[C@H](C)/C=C(\C)C[C@@H](C)C[C@@H]3C)[C@H](C)[C@H](O)[C@H]1C. The highest BCUT2D eigenvalue weighted by Crippen LogP contribution is 2.49. The molecule has 6 nitrogen and oxygen atoms in total. The van der Waals surface area contributed by atoms with Crippen LogP contribution in [0.1, 0.15) is 74.1 Å². The van der Waals surface area contributed by atoms with Crippen LogP contribution in [0.4, 0.5) is 0 Å². The minimum Gasteiger partial charge on any atom is -0.504 e. The van der Waals surface area contributed by atoms with Crippen molar-refractivity contribution < 1.29 is 29.6 Å². The molecule has 1 aliphatic carbocycles. The zero-order chi connectivity index (χ0) is 25.8. The van der Waals surface area contributed by atoms with Crippen LogP contribution < -0.4 is 0 Å². The Labute approximate surface area is 209 Å². The van der Waals surface area contributed by atoms with Crippen LogP contribution in [0.15, 0.2) is 46.0 Å². The number of rotatable bonds is 0. The molecule has 9 atom stereocenters.